The highest BCUT2D eigenvalue weighted by Crippen LogP contribution is 2.30. The molecule has 0 amide bonds. The number of aliphatic hydroxyl groups excluding tert-OH is 1. The third-order valence-corrected chi connectivity index (χ3v) is 3.72. The Morgan fingerprint density at radius 2 is 2.33 bits per heavy atom. The molecule has 2 aromatic rings. The highest BCUT2D eigenvalue weighted by Gasteiger charge is 2.20. The summed E-state index contributed by atoms with van der Waals surface area (Å²) in [6, 6.07) is 5.19. The minimum atomic E-state index is -0.500. The molecule has 0 radical (unpaired) electrons. The van der Waals surface area contributed by atoms with Crippen LogP contribution < -0.4 is 10.5 Å². The number of nitriles is 1. The second-order valence-electron chi connectivity index (χ2n) is 4.44. The van der Waals surface area contributed by atoms with E-state index in [0.717, 1.165) is 10.9 Å². The molecule has 0 spiro atoms. The van der Waals surface area contributed by atoms with Gasteiger partial charge in [0, 0.05) is 18.7 Å². The summed E-state index contributed by atoms with van der Waals surface area (Å²) in [7, 11) is 0. The molecule has 1 aromatic carbocycles. The van der Waals surface area contributed by atoms with Crippen molar-refractivity contribution in [2.75, 3.05) is 6.61 Å². The quantitative estimate of drug-likeness (QED) is 0.851. The Morgan fingerprint density at radius 1 is 1.52 bits per heavy atom. The maximum atomic E-state index is 13.1. The molecular weight excluding hydrogens is 293 g/mol. The van der Waals surface area contributed by atoms with Gasteiger partial charge >= 0.3 is 0 Å². The lowest BCUT2D eigenvalue weighted by Crippen LogP contribution is -2.28. The number of aliphatic hydroxyl groups is 1. The molecule has 3 N–H and O–H groups in total. The summed E-state index contributed by atoms with van der Waals surface area (Å²) >= 11 is 1.39. The van der Waals surface area contributed by atoms with Crippen molar-refractivity contribution in [2.24, 2.45) is 5.73 Å². The van der Waals surface area contributed by atoms with Gasteiger partial charge in [0.25, 0.3) is 0 Å². The van der Waals surface area contributed by atoms with E-state index >= 15 is 0 Å². The molecule has 0 bridgehead atoms. The Hall–Kier alpha value is -2.01. The van der Waals surface area contributed by atoms with Crippen LogP contribution in [0.4, 0.5) is 4.39 Å². The van der Waals surface area contributed by atoms with Crippen molar-refractivity contribution < 1.29 is 14.2 Å². The predicted molar refractivity (Wildman–Crippen MR) is 76.3 cm³/mol. The van der Waals surface area contributed by atoms with E-state index in [1.165, 1.54) is 23.5 Å². The lowest BCUT2D eigenvalue weighted by Gasteiger charge is -2.21. The van der Waals surface area contributed by atoms with Crippen molar-refractivity contribution >= 4 is 11.3 Å². The average Bonchev–Trinajstić information content (AvgIpc) is 3.02. The number of benzene rings is 1. The Morgan fingerprint density at radius 3 is 2.95 bits per heavy atom. The average molecular weight is 307 g/mol. The molecule has 2 atom stereocenters. The fourth-order valence-corrected chi connectivity index (χ4v) is 2.46. The first-order valence-electron chi connectivity index (χ1n) is 6.25. The number of nitrogens with two attached hydrogens (primary N) is 1. The SMILES string of the molecule is N#Cc1cc(F)ccc1O[C@H](C[C@H](N)CO)c1cncs1. The molecule has 7 heteroatoms. The maximum Gasteiger partial charge on any atom is 0.138 e. The van der Waals surface area contributed by atoms with E-state index in [0.29, 0.717) is 6.42 Å². The Balaban J connectivity index is 2.25. The molecule has 5 nitrogen and oxygen atoms in total. The van der Waals surface area contributed by atoms with Crippen LogP contribution in [0.5, 0.6) is 5.75 Å². The van der Waals surface area contributed by atoms with Gasteiger partial charge in [-0.25, -0.2) is 4.39 Å². The molecule has 0 unspecified atom stereocenters. The van der Waals surface area contributed by atoms with E-state index in [1.54, 1.807) is 11.7 Å². The van der Waals surface area contributed by atoms with E-state index in [-0.39, 0.29) is 17.9 Å². The third-order valence-electron chi connectivity index (χ3n) is 2.85. The Labute approximate surface area is 125 Å². The lowest BCUT2D eigenvalue weighted by atomic mass is 10.1. The lowest BCUT2D eigenvalue weighted by molar-refractivity contribution is 0.164. The number of nitrogens with zero attached hydrogens (tertiary/aromatic N) is 2. The summed E-state index contributed by atoms with van der Waals surface area (Å²) in [6.07, 6.45) is 1.56. The molecule has 1 aromatic heterocycles. The number of ether oxygens (including phenoxy) is 1. The van der Waals surface area contributed by atoms with Crippen LogP contribution in [0.15, 0.2) is 29.9 Å². The smallest absolute Gasteiger partial charge is 0.138 e. The van der Waals surface area contributed by atoms with Gasteiger partial charge in [-0.15, -0.1) is 11.3 Å². The van der Waals surface area contributed by atoms with Gasteiger partial charge in [0.2, 0.25) is 0 Å². The number of thiazole rings is 1. The van der Waals surface area contributed by atoms with Crippen LogP contribution >= 0.6 is 11.3 Å². The van der Waals surface area contributed by atoms with Gasteiger partial charge in [-0.1, -0.05) is 0 Å². The molecule has 0 fully saturated rings. The van der Waals surface area contributed by atoms with Gasteiger partial charge in [0.1, 0.15) is 23.7 Å². The van der Waals surface area contributed by atoms with E-state index < -0.39 is 18.0 Å². The first-order chi connectivity index (χ1) is 10.1. The molecule has 0 saturated heterocycles. The Kier molecular flexibility index (Phi) is 5.22. The summed E-state index contributed by atoms with van der Waals surface area (Å²) in [5.74, 6) is -0.220. The zero-order chi connectivity index (χ0) is 15.2. The first kappa shape index (κ1) is 15.4. The Bertz CT molecular complexity index is 628. The van der Waals surface area contributed by atoms with E-state index in [2.05, 4.69) is 4.98 Å². The summed E-state index contributed by atoms with van der Waals surface area (Å²) in [5.41, 5.74) is 7.53. The van der Waals surface area contributed by atoms with Crippen molar-refractivity contribution in [3.05, 3.63) is 46.2 Å². The topological polar surface area (TPSA) is 92.2 Å². The first-order valence-corrected chi connectivity index (χ1v) is 7.13. The highest BCUT2D eigenvalue weighted by molar-refractivity contribution is 7.09. The van der Waals surface area contributed by atoms with E-state index in [1.807, 2.05) is 6.07 Å². The molecule has 0 aliphatic rings. The highest BCUT2D eigenvalue weighted by atomic mass is 32.1. The fraction of sp³-hybridized carbons (Fsp3) is 0.286. The third kappa shape index (κ3) is 3.98. The number of aromatic nitrogens is 1. The molecule has 0 aliphatic heterocycles. The number of hydrogen-bond donors (Lipinski definition) is 2. The predicted octanol–water partition coefficient (Wildman–Crippen LogP) is 1.98. The number of hydrogen-bond acceptors (Lipinski definition) is 6. The van der Waals surface area contributed by atoms with E-state index in [4.69, 9.17) is 20.8 Å². The number of halogens is 1. The number of rotatable bonds is 6. The van der Waals surface area contributed by atoms with Crippen LogP contribution in [0, 0.1) is 17.1 Å². The van der Waals surface area contributed by atoms with E-state index in [9.17, 15) is 4.39 Å². The van der Waals surface area contributed by atoms with Crippen molar-refractivity contribution in [3.63, 3.8) is 0 Å². The van der Waals surface area contributed by atoms with Gasteiger partial charge in [-0.3, -0.25) is 4.98 Å². The molecule has 2 rings (SSSR count). The van der Waals surface area contributed by atoms with Crippen LogP contribution in [0.3, 0.4) is 0 Å². The normalized spacial score (nSPS) is 13.4. The zero-order valence-electron chi connectivity index (χ0n) is 11.1. The second-order valence-corrected chi connectivity index (χ2v) is 5.36. The van der Waals surface area contributed by atoms with Crippen LogP contribution in [-0.2, 0) is 0 Å². The molecule has 21 heavy (non-hydrogen) atoms. The molecular formula is C14H14FN3O2S. The standard InChI is InChI=1S/C14H14FN3O2S/c15-10-1-2-12(9(3-10)5-16)20-13(4-11(17)7-19)14-6-18-8-21-14/h1-3,6,8,11,13,19H,4,7,17H2/t11-,13+/m0/s1. The zero-order valence-corrected chi connectivity index (χ0v) is 11.9. The van der Waals surface area contributed by atoms with Crippen LogP contribution in [-0.4, -0.2) is 22.7 Å². The largest absolute Gasteiger partial charge is 0.483 e. The monoisotopic (exact) mass is 307 g/mol. The van der Waals surface area contributed by atoms with Gasteiger partial charge in [-0.2, -0.15) is 5.26 Å². The second kappa shape index (κ2) is 7.13. The molecule has 1 heterocycles. The molecule has 110 valence electrons. The molecule has 0 saturated carbocycles. The molecule has 0 aliphatic carbocycles. The van der Waals surface area contributed by atoms with Crippen LogP contribution in [0.1, 0.15) is 23.0 Å². The van der Waals surface area contributed by atoms with Crippen LogP contribution in [0.2, 0.25) is 0 Å². The maximum absolute atomic E-state index is 13.1. The van der Waals surface area contributed by atoms with Crippen molar-refractivity contribution in [1.29, 1.82) is 5.26 Å². The minimum absolute atomic E-state index is 0.113. The minimum Gasteiger partial charge on any atom is -0.483 e. The fourth-order valence-electron chi connectivity index (χ4n) is 1.80. The van der Waals surface area contributed by atoms with Crippen molar-refractivity contribution in [2.45, 2.75) is 18.6 Å². The summed E-state index contributed by atoms with van der Waals surface area (Å²) < 4.78 is 18.9. The van der Waals surface area contributed by atoms with Crippen LogP contribution in [0.25, 0.3) is 0 Å². The van der Waals surface area contributed by atoms with Gasteiger partial charge in [0.05, 0.1) is 22.6 Å². The summed E-state index contributed by atoms with van der Waals surface area (Å²) in [6.45, 7) is -0.173. The summed E-state index contributed by atoms with van der Waals surface area (Å²) in [5, 5.41) is 18.1. The van der Waals surface area contributed by atoms with Crippen molar-refractivity contribution in [3.8, 4) is 11.8 Å². The summed E-state index contributed by atoms with van der Waals surface area (Å²) in [4.78, 5) is 4.81. The van der Waals surface area contributed by atoms with Gasteiger partial charge < -0.3 is 15.6 Å². The van der Waals surface area contributed by atoms with Gasteiger partial charge in [0.15, 0.2) is 0 Å². The van der Waals surface area contributed by atoms with Gasteiger partial charge in [-0.05, 0) is 18.2 Å². The van der Waals surface area contributed by atoms with Crippen molar-refractivity contribution in [1.82, 2.24) is 4.98 Å².